The van der Waals surface area contributed by atoms with E-state index in [2.05, 4.69) is 130 Å². The maximum atomic E-state index is 13.9. The van der Waals surface area contributed by atoms with Gasteiger partial charge in [-0.15, -0.1) is 0 Å². The zero-order chi connectivity index (χ0) is 67.0. The lowest BCUT2D eigenvalue weighted by molar-refractivity contribution is -0.139. The maximum Gasteiger partial charge on any atom is 0.483 e. The Morgan fingerprint density at radius 2 is 0.697 bits per heavy atom. The largest absolute Gasteiger partial charge is 0.483 e. The number of hydrogen-bond acceptors (Lipinski definition) is 15. The van der Waals surface area contributed by atoms with Crippen molar-refractivity contribution in [2.45, 2.75) is 256 Å². The topological polar surface area (TPSA) is 195 Å². The summed E-state index contributed by atoms with van der Waals surface area (Å²) in [7, 11) is -37.7. The predicted molar refractivity (Wildman–Crippen MR) is 371 cm³/mol. The molecule has 7 aliphatic heterocycles. The zero-order valence-corrected chi connectivity index (χ0v) is 69.4. The van der Waals surface area contributed by atoms with Crippen molar-refractivity contribution in [1.29, 1.82) is 0 Å². The average molecular weight is 1410 g/mol. The smallest absolute Gasteiger partial charge is 0.435 e. The Morgan fingerprint density at radius 3 is 1.08 bits per heavy atom. The molecule has 9 atom stereocenters. The molecule has 4 bridgehead atoms. The highest BCUT2D eigenvalue weighted by Gasteiger charge is 2.91. The summed E-state index contributed by atoms with van der Waals surface area (Å²) in [5, 5.41) is -0.526. The van der Waals surface area contributed by atoms with E-state index in [1.807, 2.05) is 0 Å². The van der Waals surface area contributed by atoms with E-state index >= 15 is 0 Å². The lowest BCUT2D eigenvalue weighted by Crippen LogP contribution is -3.00. The Morgan fingerprint density at radius 1 is 0.393 bits per heavy atom. The van der Waals surface area contributed by atoms with Gasteiger partial charge in [0.15, 0.2) is 8.32 Å². The first-order valence-electron chi connectivity index (χ1n) is 33.8. The highest BCUT2D eigenvalue weighted by molar-refractivity contribution is 7.53. The minimum Gasteiger partial charge on any atom is -0.435 e. The Labute approximate surface area is 545 Å². The molecule has 0 radical (unpaired) electrons. The van der Waals surface area contributed by atoms with Crippen LogP contribution in [-0.2, 0) is 66.1 Å². The lowest BCUT2D eigenvalue weighted by atomic mass is 10.2. The highest BCUT2D eigenvalue weighted by atomic mass is 29.4. The molecule has 7 rings (SSSR count). The van der Waals surface area contributed by atoms with Gasteiger partial charge in [-0.05, 0) is 170 Å². The van der Waals surface area contributed by atoms with E-state index in [0.717, 1.165) is 0 Å². The molecule has 7 heterocycles. The Bertz CT molecular complexity index is 2800. The number of rotatable bonds is 29. The molecule has 0 N–H and O–H groups in total. The van der Waals surface area contributed by atoms with Crippen LogP contribution in [0.1, 0.15) is 158 Å². The van der Waals surface area contributed by atoms with Crippen molar-refractivity contribution in [2.75, 3.05) is 19.6 Å². The molecule has 4 fully saturated rings. The maximum absolute atomic E-state index is 13.9. The Balaban J connectivity index is 1.57. The molecule has 0 aromatic rings. The summed E-state index contributed by atoms with van der Waals surface area (Å²) in [6.45, 7) is 54.3. The molecule has 0 aromatic heterocycles. The highest BCUT2D eigenvalue weighted by Crippen LogP contribution is 2.62. The van der Waals surface area contributed by atoms with Gasteiger partial charge in [0.05, 0.1) is 13.4 Å². The third-order valence-corrected chi connectivity index (χ3v) is 92.3. The summed E-state index contributed by atoms with van der Waals surface area (Å²) in [4.78, 5) is 86.5. The zero-order valence-electron chi connectivity index (χ0n) is 59.4. The Kier molecular flexibility index (Phi) is 22.8. The van der Waals surface area contributed by atoms with Crippen LogP contribution in [-0.4, -0.2) is 157 Å². The van der Waals surface area contributed by atoms with Gasteiger partial charge in [0.25, 0.3) is 35.4 Å². The number of amides is 6. The summed E-state index contributed by atoms with van der Waals surface area (Å²) in [6.07, 6.45) is 1.58. The fourth-order valence-corrected chi connectivity index (χ4v) is 129. The Hall–Kier alpha value is -1.55. The van der Waals surface area contributed by atoms with Crippen LogP contribution in [0.4, 0.5) is 0 Å². The quantitative estimate of drug-likeness (QED) is 0.0506. The second-order valence-corrected chi connectivity index (χ2v) is 79.1. The number of fused-ring (bicyclic) bond motifs is 2. The van der Waals surface area contributed by atoms with Crippen LogP contribution in [0.2, 0.25) is 93.2 Å². The first kappa shape index (κ1) is 74.8. The van der Waals surface area contributed by atoms with Crippen LogP contribution in [0.25, 0.3) is 0 Å². The van der Waals surface area contributed by atoms with Crippen molar-refractivity contribution in [3.63, 3.8) is 0 Å². The van der Waals surface area contributed by atoms with Gasteiger partial charge in [-0.2, -0.15) is 0 Å². The minimum absolute atomic E-state index is 0.000239. The molecule has 28 heteroatoms. The van der Waals surface area contributed by atoms with Crippen LogP contribution in [0.5, 0.6) is 0 Å². The average Bonchev–Trinajstić information content (AvgIpc) is 1.18. The van der Waals surface area contributed by atoms with Crippen LogP contribution in [0.15, 0.2) is 33.4 Å². The molecular weight excluding hydrogens is 1300 g/mol. The van der Waals surface area contributed by atoms with Gasteiger partial charge in [-0.1, -0.05) is 116 Å². The van der Waals surface area contributed by atoms with Crippen LogP contribution in [0, 0.1) is 41.4 Å². The van der Waals surface area contributed by atoms with Crippen LogP contribution >= 0.6 is 0 Å². The van der Waals surface area contributed by atoms with Gasteiger partial charge >= 0.3 is 57.3 Å². The number of nitrogens with zero attached hydrogens (tertiary/aromatic N) is 3. The normalized spacial score (nSPS) is 33.2. The SMILES string of the molecule is CC1=C(C)C(=O)N(CCC[Si](C)(C)O[Si]2(CC(C)C)O[Si]3(CC(C)C)O[Si]4(CC(C)C)O[Si](C)(CCCN5C(=O)C(C)=C(C)C5=O)C([Si](C)(C)CCCN5C(=O)C(C)=C(C)C5=O)O[Si]5(CC(C)C)O[Si]2(CC(C)C)O[Si]3(CC(C)C)O[Si]4(CC(C)C)O5)C1=O. The molecule has 0 aliphatic carbocycles. The third kappa shape index (κ3) is 14.5. The fraction of sp³-hybridized carbons (Fsp3) is 0.803. The molecule has 0 aromatic carbocycles. The molecule has 6 amide bonds. The van der Waals surface area contributed by atoms with Crippen molar-refractivity contribution in [1.82, 2.24) is 14.7 Å². The monoisotopic (exact) mass is 1410 g/mol. The van der Waals surface area contributed by atoms with Crippen molar-refractivity contribution in [3.8, 4) is 0 Å². The van der Waals surface area contributed by atoms with Gasteiger partial charge in [-0.25, -0.2) is 0 Å². The second-order valence-electron chi connectivity index (χ2n) is 32.1. The number of imide groups is 3. The predicted octanol–water partition coefficient (Wildman–Crippen LogP) is 12.8. The molecule has 4 saturated heterocycles. The van der Waals surface area contributed by atoms with Crippen LogP contribution < -0.4 is 0 Å². The minimum atomic E-state index is -4.31. The standard InChI is InChI=1S/C61H115N3O15Si10/c1-42(2)35-83-71-61(80(21,22)32-26-29-62-55(65)49(15)50(16)56(62)66)82(25,34-28-31-64-59(69)53(19)54(20)60(64)70)73-85(37-44(5)6)77-88(40-47(11)12)76-84(36-43(3)4,72-81(23,24)33-27-30-63-57(67)51(17)52(18)58(63)68)86(74-83,38-45(7)8)78-89(88,41-48(13)14)79-87(85,75-83)39-46(9)10/h42-48,61H,26-41H2,1-25H3. The first-order chi connectivity index (χ1) is 40.9. The summed E-state index contributed by atoms with van der Waals surface area (Å²) < 4.78 is 79.5. The molecule has 7 aliphatic rings. The van der Waals surface area contributed by atoms with Gasteiger partial charge in [0, 0.05) is 59.1 Å². The van der Waals surface area contributed by atoms with E-state index in [1.165, 1.54) is 14.7 Å². The number of carbonyl (C=O) groups excluding carboxylic acids is 6. The van der Waals surface area contributed by atoms with Gasteiger partial charge in [0.2, 0.25) is 8.32 Å². The van der Waals surface area contributed by atoms with Crippen molar-refractivity contribution in [2.24, 2.45) is 41.4 Å². The van der Waals surface area contributed by atoms with Crippen LogP contribution in [0.3, 0.4) is 0 Å². The molecule has 9 unspecified atom stereocenters. The summed E-state index contributed by atoms with van der Waals surface area (Å²) in [5.74, 6) is -1.08. The van der Waals surface area contributed by atoms with E-state index in [-0.39, 0.29) is 96.5 Å². The van der Waals surface area contributed by atoms with Gasteiger partial charge in [-0.3, -0.25) is 43.5 Å². The lowest BCUT2D eigenvalue weighted by Gasteiger charge is -2.72. The van der Waals surface area contributed by atoms with Crippen molar-refractivity contribution in [3.05, 3.63) is 33.4 Å². The molecule has 0 spiro atoms. The summed E-state index contributed by atoms with van der Waals surface area (Å²) in [5.41, 5.74) is 2.88. The molecule has 504 valence electrons. The van der Waals surface area contributed by atoms with E-state index in [0.29, 0.717) is 113 Å². The summed E-state index contributed by atoms with van der Waals surface area (Å²) in [6, 6.07) is 5.71. The van der Waals surface area contributed by atoms with E-state index in [1.54, 1.807) is 41.5 Å². The molecule has 0 saturated carbocycles. The van der Waals surface area contributed by atoms with Crippen molar-refractivity contribution < 1.29 is 66.1 Å². The second kappa shape index (κ2) is 27.2. The van der Waals surface area contributed by atoms with Gasteiger partial charge in [0.1, 0.15) is 0 Å². The van der Waals surface area contributed by atoms with Crippen molar-refractivity contribution >= 4 is 117 Å². The number of carbonyl (C=O) groups is 6. The first-order valence-corrected chi connectivity index (χ1v) is 59.9. The van der Waals surface area contributed by atoms with E-state index in [4.69, 9.17) is 37.3 Å². The molecular formula is C61H115N3O15Si10. The van der Waals surface area contributed by atoms with E-state index < -0.39 is 87.3 Å². The van der Waals surface area contributed by atoms with E-state index in [9.17, 15) is 28.8 Å². The number of hydrogen-bond donors (Lipinski definition) is 0. The molecule has 89 heavy (non-hydrogen) atoms. The summed E-state index contributed by atoms with van der Waals surface area (Å²) >= 11 is 0. The fourth-order valence-electron chi connectivity index (χ4n) is 15.5. The molecule has 18 nitrogen and oxygen atoms in total. The third-order valence-electron chi connectivity index (χ3n) is 19.3. The van der Waals surface area contributed by atoms with Gasteiger partial charge < -0.3 is 37.3 Å².